The lowest BCUT2D eigenvalue weighted by Crippen LogP contribution is -2.54. The van der Waals surface area contributed by atoms with Crippen LogP contribution in [-0.2, 0) is 14.3 Å². The Morgan fingerprint density at radius 2 is 2.16 bits per heavy atom. The molecule has 0 unspecified atom stereocenters. The lowest BCUT2D eigenvalue weighted by Gasteiger charge is -2.33. The van der Waals surface area contributed by atoms with E-state index in [1.165, 1.54) is 24.0 Å². The van der Waals surface area contributed by atoms with Crippen LogP contribution in [0.5, 0.6) is 0 Å². The largest absolute Gasteiger partial charge is 0.442 e. The summed E-state index contributed by atoms with van der Waals surface area (Å²) in [7, 11) is 0. The van der Waals surface area contributed by atoms with E-state index in [-0.39, 0.29) is 37.8 Å². The quantitative estimate of drug-likeness (QED) is 0.788. The number of benzene rings is 1. The van der Waals surface area contributed by atoms with Crippen LogP contribution in [0.25, 0.3) is 0 Å². The summed E-state index contributed by atoms with van der Waals surface area (Å²) >= 11 is 0. The zero-order chi connectivity index (χ0) is 18.0. The van der Waals surface area contributed by atoms with Crippen molar-refractivity contribution in [2.24, 2.45) is 0 Å². The van der Waals surface area contributed by atoms with Gasteiger partial charge in [-0.2, -0.15) is 0 Å². The molecule has 1 aromatic carbocycles. The summed E-state index contributed by atoms with van der Waals surface area (Å²) in [6, 6.07) is 4.26. The Bertz CT molecular complexity index is 678. The third-order valence-electron chi connectivity index (χ3n) is 4.36. The smallest absolute Gasteiger partial charge is 0.414 e. The molecule has 0 bridgehead atoms. The van der Waals surface area contributed by atoms with Crippen molar-refractivity contribution >= 4 is 23.4 Å². The number of carbonyl (C=O) groups excluding carboxylic acids is 2. The van der Waals surface area contributed by atoms with Crippen molar-refractivity contribution in [2.75, 3.05) is 44.3 Å². The first-order valence-corrected chi connectivity index (χ1v) is 8.09. The molecule has 0 aliphatic carbocycles. The first-order chi connectivity index (χ1) is 11.9. The standard InChI is InChI=1S/C16H20FN3O5/c1-11(21)18-9-13-10-19(16(22)25-13)12-2-3-15(14(17)8-12)20(23)4-6-24-7-5-20/h2-3,8,13,23H,4-7,9-10H2,1H3/p+1/t13-/m0/s1. The number of quaternary nitrogens is 1. The number of morpholine rings is 1. The van der Waals surface area contributed by atoms with E-state index in [0.29, 0.717) is 18.9 Å². The Labute approximate surface area is 144 Å². The molecule has 1 atom stereocenters. The maximum Gasteiger partial charge on any atom is 0.414 e. The second-order valence-corrected chi connectivity index (χ2v) is 6.17. The van der Waals surface area contributed by atoms with E-state index in [1.54, 1.807) is 6.07 Å². The van der Waals surface area contributed by atoms with Crippen LogP contribution in [0.1, 0.15) is 6.92 Å². The highest BCUT2D eigenvalue weighted by Gasteiger charge is 2.37. The van der Waals surface area contributed by atoms with Crippen molar-refractivity contribution in [1.29, 1.82) is 0 Å². The van der Waals surface area contributed by atoms with Crippen LogP contribution in [0.4, 0.5) is 20.6 Å². The molecule has 1 aromatic rings. The van der Waals surface area contributed by atoms with Crippen LogP contribution in [0.2, 0.25) is 0 Å². The van der Waals surface area contributed by atoms with Gasteiger partial charge in [0, 0.05) is 19.1 Å². The van der Waals surface area contributed by atoms with E-state index >= 15 is 0 Å². The molecule has 0 aromatic heterocycles. The SMILES string of the molecule is CC(=O)NC[C@H]1CN(c2ccc([N+]3(O)CCOCC3)c(F)c2)C(=O)O1. The number of anilines is 1. The first-order valence-electron chi connectivity index (χ1n) is 8.09. The molecular weight excluding hydrogens is 333 g/mol. The molecule has 0 spiro atoms. The van der Waals surface area contributed by atoms with Gasteiger partial charge in [-0.1, -0.05) is 0 Å². The number of hydrogen-bond donors (Lipinski definition) is 2. The predicted molar refractivity (Wildman–Crippen MR) is 86.8 cm³/mol. The van der Waals surface area contributed by atoms with Crippen molar-refractivity contribution < 1.29 is 28.7 Å². The average molecular weight is 354 g/mol. The number of hydrogen-bond acceptors (Lipinski definition) is 5. The molecule has 2 amide bonds. The fourth-order valence-electron chi connectivity index (χ4n) is 2.98. The van der Waals surface area contributed by atoms with Gasteiger partial charge in [0.1, 0.15) is 19.2 Å². The molecule has 0 saturated carbocycles. The van der Waals surface area contributed by atoms with E-state index in [0.717, 1.165) is 0 Å². The molecule has 25 heavy (non-hydrogen) atoms. The van der Waals surface area contributed by atoms with Gasteiger partial charge in [0.05, 0.1) is 32.0 Å². The van der Waals surface area contributed by atoms with Gasteiger partial charge in [0.2, 0.25) is 11.6 Å². The van der Waals surface area contributed by atoms with Gasteiger partial charge in [-0.05, 0) is 6.07 Å². The molecule has 9 heteroatoms. The average Bonchev–Trinajstić information content (AvgIpc) is 2.94. The number of rotatable bonds is 4. The number of halogens is 1. The Morgan fingerprint density at radius 1 is 1.44 bits per heavy atom. The minimum absolute atomic E-state index is 0.148. The van der Waals surface area contributed by atoms with Crippen LogP contribution in [-0.4, -0.2) is 62.7 Å². The maximum absolute atomic E-state index is 14.6. The fraction of sp³-hybridized carbons (Fsp3) is 0.500. The highest BCUT2D eigenvalue weighted by atomic mass is 19.1. The number of nitrogens with one attached hydrogen (secondary N) is 1. The molecule has 2 aliphatic rings. The van der Waals surface area contributed by atoms with E-state index in [9.17, 15) is 19.2 Å². The monoisotopic (exact) mass is 354 g/mol. The van der Waals surface area contributed by atoms with Gasteiger partial charge in [-0.3, -0.25) is 9.69 Å². The lowest BCUT2D eigenvalue weighted by molar-refractivity contribution is -0.134. The Balaban J connectivity index is 1.74. The number of ether oxygens (including phenoxy) is 2. The summed E-state index contributed by atoms with van der Waals surface area (Å²) in [5, 5.41) is 13.2. The second kappa shape index (κ2) is 6.95. The molecule has 2 aliphatic heterocycles. The summed E-state index contributed by atoms with van der Waals surface area (Å²) in [4.78, 5) is 24.2. The van der Waals surface area contributed by atoms with Crippen LogP contribution in [0, 0.1) is 5.82 Å². The summed E-state index contributed by atoms with van der Waals surface area (Å²) in [5.41, 5.74) is 0.492. The second-order valence-electron chi connectivity index (χ2n) is 6.17. The van der Waals surface area contributed by atoms with Gasteiger partial charge in [0.25, 0.3) is 0 Å². The molecule has 136 valence electrons. The normalized spacial score (nSPS) is 22.6. The molecular formula is C16H21FN3O5+. The van der Waals surface area contributed by atoms with E-state index in [2.05, 4.69) is 5.32 Å². The van der Waals surface area contributed by atoms with E-state index in [1.807, 2.05) is 0 Å². The van der Waals surface area contributed by atoms with Crippen molar-refractivity contribution in [1.82, 2.24) is 9.96 Å². The molecule has 3 rings (SSSR count). The van der Waals surface area contributed by atoms with Gasteiger partial charge in [0.15, 0.2) is 5.82 Å². The molecule has 2 N–H and O–H groups in total. The number of nitrogens with zero attached hydrogens (tertiary/aromatic N) is 2. The Hall–Kier alpha value is -2.23. The molecule has 0 radical (unpaired) electrons. The summed E-state index contributed by atoms with van der Waals surface area (Å²) in [6.07, 6.45) is -1.09. The third kappa shape index (κ3) is 3.73. The minimum Gasteiger partial charge on any atom is -0.442 e. The molecule has 2 saturated heterocycles. The summed E-state index contributed by atoms with van der Waals surface area (Å²) in [6.45, 7) is 3.02. The summed E-state index contributed by atoms with van der Waals surface area (Å²) in [5.74, 6) is -0.813. The zero-order valence-electron chi connectivity index (χ0n) is 13.9. The lowest BCUT2D eigenvalue weighted by atomic mass is 10.2. The van der Waals surface area contributed by atoms with Crippen molar-refractivity contribution in [3.63, 3.8) is 0 Å². The zero-order valence-corrected chi connectivity index (χ0v) is 13.9. The van der Waals surface area contributed by atoms with Crippen LogP contribution in [0.3, 0.4) is 0 Å². The molecule has 8 nitrogen and oxygen atoms in total. The molecule has 2 fully saturated rings. The number of amides is 2. The summed E-state index contributed by atoms with van der Waals surface area (Å²) < 4.78 is 24.4. The number of hydroxylamine groups is 2. The highest BCUT2D eigenvalue weighted by Crippen LogP contribution is 2.31. The van der Waals surface area contributed by atoms with Crippen molar-refractivity contribution in [3.05, 3.63) is 24.0 Å². The topological polar surface area (TPSA) is 88.1 Å². The van der Waals surface area contributed by atoms with Gasteiger partial charge < -0.3 is 14.8 Å². The van der Waals surface area contributed by atoms with Crippen molar-refractivity contribution in [3.8, 4) is 0 Å². The van der Waals surface area contributed by atoms with E-state index in [4.69, 9.17) is 9.47 Å². The van der Waals surface area contributed by atoms with Gasteiger partial charge in [-0.25, -0.2) is 14.4 Å². The molecule has 2 heterocycles. The fourth-order valence-corrected chi connectivity index (χ4v) is 2.98. The number of carbonyl (C=O) groups is 2. The number of cyclic esters (lactones) is 1. The Kier molecular flexibility index (Phi) is 4.89. The van der Waals surface area contributed by atoms with Crippen LogP contribution >= 0.6 is 0 Å². The van der Waals surface area contributed by atoms with Crippen molar-refractivity contribution in [2.45, 2.75) is 13.0 Å². The minimum atomic E-state index is -0.597. The van der Waals surface area contributed by atoms with Crippen LogP contribution in [0.15, 0.2) is 18.2 Å². The van der Waals surface area contributed by atoms with Gasteiger partial charge >= 0.3 is 6.09 Å². The first kappa shape index (κ1) is 17.6. The van der Waals surface area contributed by atoms with Crippen LogP contribution < -0.4 is 14.9 Å². The maximum atomic E-state index is 14.6. The third-order valence-corrected chi connectivity index (χ3v) is 4.36. The Morgan fingerprint density at radius 3 is 2.80 bits per heavy atom. The van der Waals surface area contributed by atoms with Gasteiger partial charge in [-0.15, -0.1) is 4.65 Å². The predicted octanol–water partition coefficient (Wildman–Crippen LogP) is 1.01. The van der Waals surface area contributed by atoms with E-state index < -0.39 is 22.7 Å². The highest BCUT2D eigenvalue weighted by molar-refractivity contribution is 5.90.